The Morgan fingerprint density at radius 3 is 2.60 bits per heavy atom. The monoisotopic (exact) mass is 331 g/mol. The minimum atomic E-state index is -4.61. The van der Waals surface area contributed by atoms with E-state index >= 15 is 0 Å². The van der Waals surface area contributed by atoms with Gasteiger partial charge < -0.3 is 4.74 Å². The molecule has 0 radical (unpaired) electrons. The first-order valence-electron chi connectivity index (χ1n) is 3.67. The average molecular weight is 331 g/mol. The Hall–Kier alpha value is -0.860. The predicted molar refractivity (Wildman–Crippen MR) is 53.3 cm³/mol. The third-order valence-corrected chi connectivity index (χ3v) is 2.13. The summed E-state index contributed by atoms with van der Waals surface area (Å²) in [4.78, 5) is 14.4. The highest BCUT2D eigenvalue weighted by Crippen LogP contribution is 2.32. The van der Waals surface area contributed by atoms with Crippen molar-refractivity contribution < 1.29 is 22.7 Å². The van der Waals surface area contributed by atoms with E-state index in [1.807, 2.05) is 0 Å². The van der Waals surface area contributed by atoms with Gasteiger partial charge in [0.25, 0.3) is 0 Å². The minimum absolute atomic E-state index is 0.299. The average Bonchev–Trinajstić information content (AvgIpc) is 2.15. The first-order valence-corrected chi connectivity index (χ1v) is 4.75. The fourth-order valence-corrected chi connectivity index (χ4v) is 1.37. The maximum Gasteiger partial charge on any atom is 0.418 e. The number of halogens is 4. The van der Waals surface area contributed by atoms with Crippen LogP contribution in [0.2, 0.25) is 0 Å². The van der Waals surface area contributed by atoms with E-state index in [4.69, 9.17) is 0 Å². The summed E-state index contributed by atoms with van der Waals surface area (Å²) in [5.41, 5.74) is -1.80. The van der Waals surface area contributed by atoms with E-state index in [1.54, 1.807) is 22.6 Å². The molecule has 0 aliphatic heterocycles. The Labute approximate surface area is 96.8 Å². The van der Waals surface area contributed by atoms with Gasteiger partial charge in [0.15, 0.2) is 5.69 Å². The third kappa shape index (κ3) is 2.80. The van der Waals surface area contributed by atoms with Gasteiger partial charge in [-0.3, -0.25) is 0 Å². The fourth-order valence-electron chi connectivity index (χ4n) is 0.915. The molecule has 1 aromatic heterocycles. The van der Waals surface area contributed by atoms with Crippen LogP contribution in [0.3, 0.4) is 0 Å². The number of esters is 1. The maximum absolute atomic E-state index is 12.5. The molecular formula is C8H5F3INO2. The molecule has 0 aliphatic rings. The van der Waals surface area contributed by atoms with E-state index in [1.165, 1.54) is 6.20 Å². The van der Waals surface area contributed by atoms with Crippen molar-refractivity contribution in [1.82, 2.24) is 4.98 Å². The quantitative estimate of drug-likeness (QED) is 0.586. The smallest absolute Gasteiger partial charge is 0.418 e. The SMILES string of the molecule is COC(=O)c1ncc(I)cc1C(F)(F)F. The second-order valence-corrected chi connectivity index (χ2v) is 3.78. The molecule has 3 nitrogen and oxygen atoms in total. The number of aromatic nitrogens is 1. The Morgan fingerprint density at radius 1 is 1.53 bits per heavy atom. The number of pyridine rings is 1. The van der Waals surface area contributed by atoms with Crippen molar-refractivity contribution in [3.05, 3.63) is 27.1 Å². The number of rotatable bonds is 1. The van der Waals surface area contributed by atoms with Gasteiger partial charge in [-0.25, -0.2) is 9.78 Å². The number of methoxy groups -OCH3 is 1. The highest BCUT2D eigenvalue weighted by molar-refractivity contribution is 14.1. The maximum atomic E-state index is 12.5. The van der Waals surface area contributed by atoms with Crippen molar-refractivity contribution in [2.24, 2.45) is 0 Å². The summed E-state index contributed by atoms with van der Waals surface area (Å²) in [5, 5.41) is 0. The number of hydrogen-bond acceptors (Lipinski definition) is 3. The molecule has 1 heterocycles. The zero-order valence-electron chi connectivity index (χ0n) is 7.43. The molecule has 0 amide bonds. The van der Waals surface area contributed by atoms with E-state index in [9.17, 15) is 18.0 Å². The lowest BCUT2D eigenvalue weighted by molar-refractivity contribution is -0.138. The van der Waals surface area contributed by atoms with Gasteiger partial charge in [0.2, 0.25) is 0 Å². The number of hydrogen-bond donors (Lipinski definition) is 0. The highest BCUT2D eigenvalue weighted by atomic mass is 127. The van der Waals surface area contributed by atoms with E-state index < -0.39 is 23.4 Å². The fraction of sp³-hybridized carbons (Fsp3) is 0.250. The van der Waals surface area contributed by atoms with E-state index in [2.05, 4.69) is 9.72 Å². The second kappa shape index (κ2) is 4.33. The predicted octanol–water partition coefficient (Wildman–Crippen LogP) is 2.49. The number of ether oxygens (including phenoxy) is 1. The van der Waals surface area contributed by atoms with Crippen molar-refractivity contribution in [1.29, 1.82) is 0 Å². The zero-order valence-corrected chi connectivity index (χ0v) is 9.59. The summed E-state index contributed by atoms with van der Waals surface area (Å²) < 4.78 is 41.9. The van der Waals surface area contributed by atoms with Crippen molar-refractivity contribution in [3.63, 3.8) is 0 Å². The van der Waals surface area contributed by atoms with Gasteiger partial charge in [0, 0.05) is 9.77 Å². The Kier molecular flexibility index (Phi) is 3.53. The molecule has 0 aromatic carbocycles. The third-order valence-electron chi connectivity index (χ3n) is 1.54. The normalized spacial score (nSPS) is 11.3. The van der Waals surface area contributed by atoms with Crippen LogP contribution in [-0.4, -0.2) is 18.1 Å². The first-order chi connectivity index (χ1) is 6.86. The van der Waals surface area contributed by atoms with E-state index in [-0.39, 0.29) is 0 Å². The van der Waals surface area contributed by atoms with Crippen molar-refractivity contribution >= 4 is 28.6 Å². The molecule has 0 saturated carbocycles. The van der Waals surface area contributed by atoms with Crippen molar-refractivity contribution in [2.75, 3.05) is 7.11 Å². The molecular weight excluding hydrogens is 326 g/mol. The largest absolute Gasteiger partial charge is 0.464 e. The van der Waals surface area contributed by atoms with Gasteiger partial charge in [-0.2, -0.15) is 13.2 Å². The van der Waals surface area contributed by atoms with Gasteiger partial charge in [-0.15, -0.1) is 0 Å². The van der Waals surface area contributed by atoms with Crippen LogP contribution in [0, 0.1) is 3.57 Å². The van der Waals surface area contributed by atoms with Crippen molar-refractivity contribution in [2.45, 2.75) is 6.18 Å². The zero-order chi connectivity index (χ0) is 11.6. The molecule has 0 atom stereocenters. The van der Waals surface area contributed by atoms with Crippen LogP contribution in [-0.2, 0) is 10.9 Å². The van der Waals surface area contributed by atoms with Gasteiger partial charge in [-0.1, -0.05) is 0 Å². The molecule has 0 unspecified atom stereocenters. The summed E-state index contributed by atoms with van der Waals surface area (Å²) in [6.07, 6.45) is -3.44. The first kappa shape index (κ1) is 12.2. The molecule has 0 spiro atoms. The van der Waals surface area contributed by atoms with Crippen LogP contribution < -0.4 is 0 Å². The van der Waals surface area contributed by atoms with Crippen molar-refractivity contribution in [3.8, 4) is 0 Å². The molecule has 0 aliphatic carbocycles. The van der Waals surface area contributed by atoms with Crippen LogP contribution in [0.15, 0.2) is 12.3 Å². The molecule has 0 saturated heterocycles. The summed E-state index contributed by atoms with van der Waals surface area (Å²) in [7, 11) is 1.00. The molecule has 7 heteroatoms. The highest BCUT2D eigenvalue weighted by Gasteiger charge is 2.36. The summed E-state index contributed by atoms with van der Waals surface area (Å²) in [6, 6.07) is 0.847. The van der Waals surface area contributed by atoms with Crippen LogP contribution in [0.5, 0.6) is 0 Å². The van der Waals surface area contributed by atoms with Gasteiger partial charge >= 0.3 is 12.1 Å². The molecule has 0 fully saturated rings. The summed E-state index contributed by atoms with van der Waals surface area (Å²) in [6.45, 7) is 0. The standard InChI is InChI=1S/C8H5F3INO2/c1-15-7(14)6-5(8(9,10)11)2-4(12)3-13-6/h2-3H,1H3. The molecule has 0 N–H and O–H groups in total. The molecule has 1 rings (SSSR count). The van der Waals surface area contributed by atoms with E-state index in [0.29, 0.717) is 3.57 Å². The van der Waals surface area contributed by atoms with E-state index in [0.717, 1.165) is 13.2 Å². The summed E-state index contributed by atoms with van der Waals surface area (Å²) >= 11 is 1.68. The lowest BCUT2D eigenvalue weighted by Crippen LogP contribution is -2.16. The van der Waals surface area contributed by atoms with Crippen LogP contribution >= 0.6 is 22.6 Å². The molecule has 1 aromatic rings. The topological polar surface area (TPSA) is 39.2 Å². The second-order valence-electron chi connectivity index (χ2n) is 2.54. The minimum Gasteiger partial charge on any atom is -0.464 e. The van der Waals surface area contributed by atoms with Crippen LogP contribution in [0.25, 0.3) is 0 Å². The summed E-state index contributed by atoms with van der Waals surface area (Å²) in [5.74, 6) is -1.10. The lowest BCUT2D eigenvalue weighted by atomic mass is 10.2. The van der Waals surface area contributed by atoms with Crippen LogP contribution in [0.1, 0.15) is 16.1 Å². The number of carbonyl (C=O) groups is 1. The molecule has 15 heavy (non-hydrogen) atoms. The van der Waals surface area contributed by atoms with Crippen LogP contribution in [0.4, 0.5) is 13.2 Å². The Balaban J connectivity index is 3.33. The van der Waals surface area contributed by atoms with Gasteiger partial charge in [0.05, 0.1) is 12.7 Å². The number of nitrogens with zero attached hydrogens (tertiary/aromatic N) is 1. The number of carbonyl (C=O) groups excluding carboxylic acids is 1. The van der Waals surface area contributed by atoms with Gasteiger partial charge in [0.1, 0.15) is 0 Å². The molecule has 0 bridgehead atoms. The number of alkyl halides is 3. The lowest BCUT2D eigenvalue weighted by Gasteiger charge is -2.10. The Morgan fingerprint density at radius 2 is 2.13 bits per heavy atom. The Bertz CT molecular complexity index is 392. The molecule has 82 valence electrons. The van der Waals surface area contributed by atoms with Gasteiger partial charge in [-0.05, 0) is 28.7 Å².